The van der Waals surface area contributed by atoms with E-state index in [-0.39, 0.29) is 19.4 Å². The summed E-state index contributed by atoms with van der Waals surface area (Å²) >= 11 is 0. The smallest absolute Gasteiger partial charge is 0.356 e. The van der Waals surface area contributed by atoms with Crippen LogP contribution in [0.3, 0.4) is 0 Å². The van der Waals surface area contributed by atoms with Crippen LogP contribution >= 0.6 is 0 Å². The number of benzene rings is 2. The molecule has 0 radical (unpaired) electrons. The van der Waals surface area contributed by atoms with E-state index >= 15 is 0 Å². The number of rotatable bonds is 10. The van der Waals surface area contributed by atoms with Gasteiger partial charge < -0.3 is 14.2 Å². The summed E-state index contributed by atoms with van der Waals surface area (Å²) in [5.74, 6) is -0.495. The lowest BCUT2D eigenvalue weighted by Crippen LogP contribution is -2.46. The standard InChI is InChI=1S/C22H22O5/c1-3-15-22(16-4-2,21(24)26-19-13-9-6-10-14-19)27-20(23)17-25-18-11-7-5-8-12-18/h3-14H,1-2,15-17H2. The molecule has 0 unspecified atom stereocenters. The molecule has 0 amide bonds. The van der Waals surface area contributed by atoms with Crippen LogP contribution in [-0.4, -0.2) is 24.1 Å². The van der Waals surface area contributed by atoms with E-state index in [1.807, 2.05) is 6.07 Å². The lowest BCUT2D eigenvalue weighted by atomic mass is 9.95. The van der Waals surface area contributed by atoms with Gasteiger partial charge in [-0.1, -0.05) is 48.6 Å². The Hall–Kier alpha value is -3.34. The predicted molar refractivity (Wildman–Crippen MR) is 102 cm³/mol. The first-order valence-corrected chi connectivity index (χ1v) is 8.48. The highest BCUT2D eigenvalue weighted by atomic mass is 16.6. The normalized spacial score (nSPS) is 10.5. The average Bonchev–Trinajstić information content (AvgIpc) is 2.68. The molecule has 0 bridgehead atoms. The Labute approximate surface area is 158 Å². The zero-order valence-electron chi connectivity index (χ0n) is 15.0. The molecule has 0 spiro atoms. The Balaban J connectivity index is 2.11. The molecule has 0 atom stereocenters. The Kier molecular flexibility index (Phi) is 7.37. The third-order valence-corrected chi connectivity index (χ3v) is 3.68. The number of para-hydroxylation sites is 2. The van der Waals surface area contributed by atoms with Crippen LogP contribution < -0.4 is 9.47 Å². The number of hydrogen-bond donors (Lipinski definition) is 0. The van der Waals surface area contributed by atoms with Crippen LogP contribution in [0.25, 0.3) is 0 Å². The highest BCUT2D eigenvalue weighted by molar-refractivity contribution is 5.86. The van der Waals surface area contributed by atoms with Gasteiger partial charge in [0.2, 0.25) is 5.60 Å². The molecule has 0 aliphatic carbocycles. The molecule has 0 saturated carbocycles. The first-order valence-electron chi connectivity index (χ1n) is 8.48. The molecule has 140 valence electrons. The maximum Gasteiger partial charge on any atom is 0.356 e. The Morgan fingerprint density at radius 3 is 1.89 bits per heavy atom. The highest BCUT2D eigenvalue weighted by Gasteiger charge is 2.42. The van der Waals surface area contributed by atoms with Crippen molar-refractivity contribution in [2.75, 3.05) is 6.61 Å². The van der Waals surface area contributed by atoms with Crippen molar-refractivity contribution in [1.29, 1.82) is 0 Å². The van der Waals surface area contributed by atoms with E-state index in [2.05, 4.69) is 13.2 Å². The molecule has 2 aromatic rings. The molecule has 27 heavy (non-hydrogen) atoms. The van der Waals surface area contributed by atoms with Crippen LogP contribution in [0.4, 0.5) is 0 Å². The Morgan fingerprint density at radius 1 is 0.852 bits per heavy atom. The third kappa shape index (κ3) is 5.85. The van der Waals surface area contributed by atoms with Gasteiger partial charge in [-0.05, 0) is 24.3 Å². The molecule has 0 aliphatic rings. The van der Waals surface area contributed by atoms with Gasteiger partial charge >= 0.3 is 11.9 Å². The minimum atomic E-state index is -1.55. The molecule has 0 saturated heterocycles. The fraction of sp³-hybridized carbons (Fsp3) is 0.182. The van der Waals surface area contributed by atoms with E-state index in [1.54, 1.807) is 54.6 Å². The van der Waals surface area contributed by atoms with Crippen molar-refractivity contribution in [3.05, 3.63) is 86.0 Å². The van der Waals surface area contributed by atoms with Crippen molar-refractivity contribution in [1.82, 2.24) is 0 Å². The largest absolute Gasteiger partial charge is 0.482 e. The SMILES string of the molecule is C=CCC(CC=C)(OC(=O)COc1ccccc1)C(=O)Oc1ccccc1. The summed E-state index contributed by atoms with van der Waals surface area (Å²) in [4.78, 5) is 25.1. The number of esters is 2. The van der Waals surface area contributed by atoms with Crippen molar-refractivity contribution in [3.63, 3.8) is 0 Å². The van der Waals surface area contributed by atoms with Crippen LogP contribution in [0, 0.1) is 0 Å². The van der Waals surface area contributed by atoms with Crippen LogP contribution in [-0.2, 0) is 14.3 Å². The maximum absolute atomic E-state index is 12.8. The van der Waals surface area contributed by atoms with Gasteiger partial charge in [-0.15, -0.1) is 13.2 Å². The number of carbonyl (C=O) groups excluding carboxylic acids is 2. The van der Waals surface area contributed by atoms with Crippen LogP contribution in [0.2, 0.25) is 0 Å². The summed E-state index contributed by atoms with van der Waals surface area (Å²) in [6.45, 7) is 6.97. The topological polar surface area (TPSA) is 61.8 Å². The molecule has 0 aromatic heterocycles. The van der Waals surface area contributed by atoms with Crippen LogP contribution in [0.15, 0.2) is 86.0 Å². The molecule has 0 aliphatic heterocycles. The zero-order chi connectivity index (χ0) is 19.5. The quantitative estimate of drug-likeness (QED) is 0.360. The fourth-order valence-corrected chi connectivity index (χ4v) is 2.44. The summed E-state index contributed by atoms with van der Waals surface area (Å²) in [5, 5.41) is 0. The molecule has 0 heterocycles. The van der Waals surface area contributed by atoms with Gasteiger partial charge in [0.05, 0.1) is 0 Å². The van der Waals surface area contributed by atoms with Crippen molar-refractivity contribution >= 4 is 11.9 Å². The molecule has 0 N–H and O–H groups in total. The summed E-state index contributed by atoms with van der Waals surface area (Å²) in [6.07, 6.45) is 3.17. The van der Waals surface area contributed by atoms with E-state index in [9.17, 15) is 9.59 Å². The van der Waals surface area contributed by atoms with Gasteiger partial charge in [0.25, 0.3) is 0 Å². The lowest BCUT2D eigenvalue weighted by Gasteiger charge is -2.29. The first kappa shape index (κ1) is 20.0. The van der Waals surface area contributed by atoms with Gasteiger partial charge in [0.15, 0.2) is 6.61 Å². The summed E-state index contributed by atoms with van der Waals surface area (Å²) in [7, 11) is 0. The summed E-state index contributed by atoms with van der Waals surface area (Å²) in [5.41, 5.74) is -1.55. The Bertz CT molecular complexity index is 758. The molecular weight excluding hydrogens is 344 g/mol. The zero-order valence-corrected chi connectivity index (χ0v) is 15.0. The second kappa shape index (κ2) is 9.97. The van der Waals surface area contributed by atoms with Gasteiger partial charge in [-0.25, -0.2) is 9.59 Å². The molecular formula is C22H22O5. The molecule has 5 nitrogen and oxygen atoms in total. The van der Waals surface area contributed by atoms with Gasteiger partial charge in [-0.2, -0.15) is 0 Å². The summed E-state index contributed by atoms with van der Waals surface area (Å²) < 4.78 is 16.3. The minimum absolute atomic E-state index is 0.0851. The predicted octanol–water partition coefficient (Wildman–Crippen LogP) is 4.11. The van der Waals surface area contributed by atoms with E-state index in [4.69, 9.17) is 14.2 Å². The molecule has 2 rings (SSSR count). The van der Waals surface area contributed by atoms with Gasteiger partial charge in [-0.3, -0.25) is 0 Å². The van der Waals surface area contributed by atoms with Gasteiger partial charge in [0.1, 0.15) is 11.5 Å². The van der Waals surface area contributed by atoms with E-state index in [0.29, 0.717) is 11.5 Å². The first-order chi connectivity index (χ1) is 13.1. The van der Waals surface area contributed by atoms with Crippen LogP contribution in [0.1, 0.15) is 12.8 Å². The number of hydrogen-bond acceptors (Lipinski definition) is 5. The monoisotopic (exact) mass is 366 g/mol. The number of carbonyl (C=O) groups is 2. The maximum atomic E-state index is 12.8. The molecule has 0 fully saturated rings. The number of ether oxygens (including phenoxy) is 3. The Morgan fingerprint density at radius 2 is 1.37 bits per heavy atom. The third-order valence-electron chi connectivity index (χ3n) is 3.68. The summed E-state index contributed by atoms with van der Waals surface area (Å²) in [6, 6.07) is 17.4. The van der Waals surface area contributed by atoms with E-state index < -0.39 is 17.5 Å². The average molecular weight is 366 g/mol. The van der Waals surface area contributed by atoms with Crippen LogP contribution in [0.5, 0.6) is 11.5 Å². The van der Waals surface area contributed by atoms with E-state index in [1.165, 1.54) is 12.2 Å². The van der Waals surface area contributed by atoms with Crippen molar-refractivity contribution in [2.24, 2.45) is 0 Å². The molecule has 5 heteroatoms. The van der Waals surface area contributed by atoms with Crippen molar-refractivity contribution in [2.45, 2.75) is 18.4 Å². The minimum Gasteiger partial charge on any atom is -0.482 e. The molecule has 2 aromatic carbocycles. The lowest BCUT2D eigenvalue weighted by molar-refractivity contribution is -0.177. The van der Waals surface area contributed by atoms with Crippen molar-refractivity contribution < 1.29 is 23.8 Å². The fourth-order valence-electron chi connectivity index (χ4n) is 2.44. The van der Waals surface area contributed by atoms with Gasteiger partial charge in [0, 0.05) is 12.8 Å². The van der Waals surface area contributed by atoms with Crippen molar-refractivity contribution in [3.8, 4) is 11.5 Å². The van der Waals surface area contributed by atoms with E-state index in [0.717, 1.165) is 0 Å². The highest BCUT2D eigenvalue weighted by Crippen LogP contribution is 2.26. The second-order valence-corrected chi connectivity index (χ2v) is 5.76. The second-order valence-electron chi connectivity index (χ2n) is 5.76.